The standard InChI is InChI=1S/C18H25NO3Si/c1-6-11-23(4,5)16-9-7-15(8-10-16)13(2)12-17(18(21)22)19-14(3)20/h6-10,12-13H,1,11H2,2-5H3,(H,19,20)(H,21,22)/b17-12+. The summed E-state index contributed by atoms with van der Waals surface area (Å²) < 4.78 is 0. The first-order valence-corrected chi connectivity index (χ1v) is 10.8. The molecule has 1 aromatic rings. The highest BCUT2D eigenvalue weighted by Gasteiger charge is 2.21. The van der Waals surface area contributed by atoms with Crippen molar-refractivity contribution in [2.45, 2.75) is 38.9 Å². The van der Waals surface area contributed by atoms with Crippen molar-refractivity contribution in [1.29, 1.82) is 0 Å². The molecule has 1 rings (SSSR count). The molecule has 0 aliphatic carbocycles. The van der Waals surface area contributed by atoms with Gasteiger partial charge in [-0.05, 0) is 17.7 Å². The van der Waals surface area contributed by atoms with E-state index in [0.29, 0.717) is 0 Å². The van der Waals surface area contributed by atoms with Crippen molar-refractivity contribution in [1.82, 2.24) is 5.32 Å². The maximum atomic E-state index is 11.2. The van der Waals surface area contributed by atoms with Crippen LogP contribution in [0.3, 0.4) is 0 Å². The van der Waals surface area contributed by atoms with Crippen molar-refractivity contribution in [3.63, 3.8) is 0 Å². The van der Waals surface area contributed by atoms with Crippen LogP contribution in [0, 0.1) is 0 Å². The van der Waals surface area contributed by atoms with Gasteiger partial charge in [0.15, 0.2) is 0 Å². The Kier molecular flexibility index (Phi) is 6.51. The Hall–Kier alpha value is -2.14. The number of carboxylic acid groups (broad SMARTS) is 1. The van der Waals surface area contributed by atoms with E-state index in [0.717, 1.165) is 11.6 Å². The summed E-state index contributed by atoms with van der Waals surface area (Å²) >= 11 is 0. The number of carbonyl (C=O) groups excluding carboxylic acids is 1. The zero-order valence-electron chi connectivity index (χ0n) is 14.2. The Morgan fingerprint density at radius 3 is 2.30 bits per heavy atom. The van der Waals surface area contributed by atoms with E-state index in [1.54, 1.807) is 6.08 Å². The van der Waals surface area contributed by atoms with Crippen molar-refractivity contribution in [3.05, 3.63) is 54.3 Å². The number of carbonyl (C=O) groups is 2. The lowest BCUT2D eigenvalue weighted by Crippen LogP contribution is -2.40. The van der Waals surface area contributed by atoms with E-state index in [-0.39, 0.29) is 11.6 Å². The van der Waals surface area contributed by atoms with Gasteiger partial charge in [-0.3, -0.25) is 4.79 Å². The summed E-state index contributed by atoms with van der Waals surface area (Å²) in [5, 5.41) is 12.8. The van der Waals surface area contributed by atoms with Crippen LogP contribution in [0.1, 0.15) is 25.3 Å². The van der Waals surface area contributed by atoms with Crippen molar-refractivity contribution in [2.24, 2.45) is 0 Å². The Bertz CT molecular complexity index is 618. The average Bonchev–Trinajstić information content (AvgIpc) is 2.46. The van der Waals surface area contributed by atoms with Gasteiger partial charge in [0.2, 0.25) is 5.91 Å². The maximum absolute atomic E-state index is 11.2. The number of benzene rings is 1. The summed E-state index contributed by atoms with van der Waals surface area (Å²) in [6, 6.07) is 9.32. The number of aliphatic carboxylic acids is 1. The zero-order chi connectivity index (χ0) is 17.6. The van der Waals surface area contributed by atoms with Crippen LogP contribution in [0.25, 0.3) is 0 Å². The smallest absolute Gasteiger partial charge is 0.352 e. The van der Waals surface area contributed by atoms with Gasteiger partial charge < -0.3 is 10.4 Å². The fraction of sp³-hybridized carbons (Fsp3) is 0.333. The highest BCUT2D eigenvalue weighted by atomic mass is 28.3. The van der Waals surface area contributed by atoms with Crippen LogP contribution in [0.15, 0.2) is 48.7 Å². The van der Waals surface area contributed by atoms with Crippen LogP contribution in [0.2, 0.25) is 19.1 Å². The van der Waals surface area contributed by atoms with Crippen molar-refractivity contribution >= 4 is 25.1 Å². The predicted octanol–water partition coefficient (Wildman–Crippen LogP) is 3.00. The fourth-order valence-electron chi connectivity index (χ4n) is 2.42. The van der Waals surface area contributed by atoms with E-state index < -0.39 is 20.0 Å². The molecule has 5 heteroatoms. The number of nitrogens with one attached hydrogen (secondary N) is 1. The number of allylic oxidation sites excluding steroid dienone is 2. The van der Waals surface area contributed by atoms with Crippen LogP contribution in [0.5, 0.6) is 0 Å². The van der Waals surface area contributed by atoms with Crippen LogP contribution >= 0.6 is 0 Å². The molecule has 4 nitrogen and oxygen atoms in total. The Balaban J connectivity index is 3.00. The van der Waals surface area contributed by atoms with Crippen molar-refractivity contribution < 1.29 is 14.7 Å². The lowest BCUT2D eigenvalue weighted by atomic mass is 10.00. The number of carboxylic acids is 1. The number of hydrogen-bond acceptors (Lipinski definition) is 2. The lowest BCUT2D eigenvalue weighted by molar-refractivity contribution is -0.134. The quantitative estimate of drug-likeness (QED) is 0.458. The van der Waals surface area contributed by atoms with Gasteiger partial charge >= 0.3 is 5.97 Å². The maximum Gasteiger partial charge on any atom is 0.352 e. The molecule has 1 aromatic carbocycles. The van der Waals surface area contributed by atoms with Crippen LogP contribution in [-0.4, -0.2) is 25.1 Å². The minimum atomic E-state index is -1.49. The first-order chi connectivity index (χ1) is 10.7. The first-order valence-electron chi connectivity index (χ1n) is 7.61. The summed E-state index contributed by atoms with van der Waals surface area (Å²) in [5.74, 6) is -1.63. The monoisotopic (exact) mass is 331 g/mol. The first kappa shape index (κ1) is 18.9. The van der Waals surface area contributed by atoms with Gasteiger partial charge in [-0.1, -0.05) is 55.5 Å². The predicted molar refractivity (Wildman–Crippen MR) is 96.5 cm³/mol. The molecule has 1 amide bonds. The second-order valence-corrected chi connectivity index (χ2v) is 11.1. The molecule has 2 N–H and O–H groups in total. The number of amides is 1. The second-order valence-electron chi connectivity index (χ2n) is 6.35. The van der Waals surface area contributed by atoms with Gasteiger partial charge in [-0.2, -0.15) is 0 Å². The SMILES string of the molecule is C=CC[Si](C)(C)c1ccc(C(C)/C=C(/NC(C)=O)C(=O)O)cc1. The molecule has 0 bridgehead atoms. The normalized spacial score (nSPS) is 13.3. The minimum absolute atomic E-state index is 0.0876. The lowest BCUT2D eigenvalue weighted by Gasteiger charge is -2.21. The molecule has 0 aliphatic heterocycles. The summed E-state index contributed by atoms with van der Waals surface area (Å²) in [4.78, 5) is 22.2. The summed E-state index contributed by atoms with van der Waals surface area (Å²) in [6.07, 6.45) is 3.53. The Morgan fingerprint density at radius 2 is 1.87 bits per heavy atom. The van der Waals surface area contributed by atoms with Gasteiger partial charge in [0.25, 0.3) is 0 Å². The molecule has 0 saturated carbocycles. The molecule has 0 heterocycles. The molecule has 124 valence electrons. The van der Waals surface area contributed by atoms with Crippen LogP contribution < -0.4 is 10.5 Å². The molecule has 23 heavy (non-hydrogen) atoms. The van der Waals surface area contributed by atoms with E-state index in [1.165, 1.54) is 12.1 Å². The van der Waals surface area contributed by atoms with Gasteiger partial charge in [0, 0.05) is 12.8 Å². The van der Waals surface area contributed by atoms with E-state index in [9.17, 15) is 9.59 Å². The topological polar surface area (TPSA) is 66.4 Å². The minimum Gasteiger partial charge on any atom is -0.477 e. The molecule has 0 saturated heterocycles. The van der Waals surface area contributed by atoms with Gasteiger partial charge in [-0.25, -0.2) is 4.79 Å². The van der Waals surface area contributed by atoms with Crippen LogP contribution in [0.4, 0.5) is 0 Å². The third kappa shape index (κ3) is 5.52. The molecular weight excluding hydrogens is 306 g/mol. The van der Waals surface area contributed by atoms with Gasteiger partial charge in [0.05, 0.1) is 8.07 Å². The highest BCUT2D eigenvalue weighted by Crippen LogP contribution is 2.19. The zero-order valence-corrected chi connectivity index (χ0v) is 15.2. The Morgan fingerprint density at radius 1 is 1.30 bits per heavy atom. The third-order valence-electron chi connectivity index (χ3n) is 3.83. The van der Waals surface area contributed by atoms with E-state index >= 15 is 0 Å². The Labute approximate surface area is 138 Å². The van der Waals surface area contributed by atoms with E-state index in [2.05, 4.69) is 37.1 Å². The average molecular weight is 331 g/mol. The molecule has 0 aromatic heterocycles. The molecule has 1 unspecified atom stereocenters. The highest BCUT2D eigenvalue weighted by molar-refractivity contribution is 6.90. The molecule has 0 aliphatic rings. The van der Waals surface area contributed by atoms with Crippen molar-refractivity contribution in [2.75, 3.05) is 0 Å². The molecular formula is C18H25NO3Si. The summed E-state index contributed by atoms with van der Waals surface area (Å²) in [5.41, 5.74) is 0.927. The fourth-order valence-corrected chi connectivity index (χ4v) is 4.45. The largest absolute Gasteiger partial charge is 0.477 e. The number of rotatable bonds is 7. The van der Waals surface area contributed by atoms with Crippen LogP contribution in [-0.2, 0) is 9.59 Å². The van der Waals surface area contributed by atoms with E-state index in [4.69, 9.17) is 5.11 Å². The van der Waals surface area contributed by atoms with Gasteiger partial charge in [0.1, 0.15) is 5.70 Å². The third-order valence-corrected chi connectivity index (χ3v) is 7.04. The molecule has 0 fully saturated rings. The van der Waals surface area contributed by atoms with Gasteiger partial charge in [-0.15, -0.1) is 6.58 Å². The van der Waals surface area contributed by atoms with E-state index in [1.807, 2.05) is 25.1 Å². The summed E-state index contributed by atoms with van der Waals surface area (Å²) in [6.45, 7) is 11.6. The van der Waals surface area contributed by atoms with Crippen molar-refractivity contribution in [3.8, 4) is 0 Å². The number of hydrogen-bond donors (Lipinski definition) is 2. The molecule has 1 atom stereocenters. The summed E-state index contributed by atoms with van der Waals surface area (Å²) in [7, 11) is -1.49. The second kappa shape index (κ2) is 7.92. The molecule has 0 spiro atoms. The molecule has 0 radical (unpaired) electrons.